The van der Waals surface area contributed by atoms with Gasteiger partial charge in [-0.15, -0.1) is 0 Å². The van der Waals surface area contributed by atoms with Crippen LogP contribution in [-0.4, -0.2) is 45.3 Å². The number of benzene rings is 2. The number of β-amino-alcohol motifs (C(OH)–C–C–N with tert-alkyl or cyclic N) is 1. The molecule has 2 aliphatic heterocycles. The first-order chi connectivity index (χ1) is 15.2. The Morgan fingerprint density at radius 3 is 2.56 bits per heavy atom. The largest absolute Gasteiger partial charge is 0.487 e. The van der Waals surface area contributed by atoms with Crippen LogP contribution in [0.3, 0.4) is 0 Å². The second-order valence-corrected chi connectivity index (χ2v) is 10.0. The number of nitrogens with zero attached hydrogens (tertiary/aromatic N) is 1. The van der Waals surface area contributed by atoms with Crippen LogP contribution in [0.5, 0.6) is 5.75 Å². The van der Waals surface area contributed by atoms with E-state index in [1.54, 1.807) is 0 Å². The summed E-state index contributed by atoms with van der Waals surface area (Å²) >= 11 is 0. The Balaban J connectivity index is 1.28. The van der Waals surface area contributed by atoms with Gasteiger partial charge < -0.3 is 24.8 Å². The molecular weight excluding hydrogens is 400 g/mol. The molecule has 0 aliphatic carbocycles. The minimum Gasteiger partial charge on any atom is -0.487 e. The maximum atomic E-state index is 11.1. The Labute approximate surface area is 190 Å². The maximum Gasteiger partial charge on any atom is 0.126 e. The highest BCUT2D eigenvalue weighted by Gasteiger charge is 2.43. The van der Waals surface area contributed by atoms with Gasteiger partial charge >= 0.3 is 0 Å². The number of aromatic amines is 1. The molecule has 3 N–H and O–H groups in total. The first-order valence-corrected chi connectivity index (χ1v) is 11.7. The van der Waals surface area contributed by atoms with Crippen LogP contribution in [0.1, 0.15) is 65.0 Å². The lowest BCUT2D eigenvalue weighted by atomic mass is 9.81. The lowest BCUT2D eigenvalue weighted by Crippen LogP contribution is -2.51. The van der Waals surface area contributed by atoms with E-state index in [1.165, 1.54) is 16.7 Å². The molecule has 0 saturated carbocycles. The summed E-state index contributed by atoms with van der Waals surface area (Å²) in [5.41, 5.74) is 7.32. The number of H-pyrrole nitrogens is 1. The van der Waals surface area contributed by atoms with Crippen molar-refractivity contribution in [3.05, 3.63) is 63.8 Å². The van der Waals surface area contributed by atoms with E-state index in [4.69, 9.17) is 4.74 Å². The Hall–Kier alpha value is -2.34. The molecule has 32 heavy (non-hydrogen) atoms. The number of ether oxygens (including phenoxy) is 1. The number of aliphatic hydroxyl groups is 2. The van der Waals surface area contributed by atoms with Crippen LogP contribution in [-0.2, 0) is 0 Å². The molecule has 2 aliphatic rings. The number of hydrogen-bond donors (Lipinski definition) is 3. The molecule has 2 atom stereocenters. The van der Waals surface area contributed by atoms with Crippen molar-refractivity contribution in [3.63, 3.8) is 0 Å². The first kappa shape index (κ1) is 21.5. The number of aliphatic hydroxyl groups excluding tert-OH is 2. The van der Waals surface area contributed by atoms with E-state index in [0.717, 1.165) is 59.4 Å². The van der Waals surface area contributed by atoms with Gasteiger partial charge in [0.15, 0.2) is 0 Å². The molecule has 1 fully saturated rings. The number of hydrogen-bond acceptors (Lipinski definition) is 4. The van der Waals surface area contributed by atoms with Gasteiger partial charge in [0.25, 0.3) is 0 Å². The average Bonchev–Trinajstić information content (AvgIpc) is 3.06. The van der Waals surface area contributed by atoms with Crippen LogP contribution < -0.4 is 4.74 Å². The summed E-state index contributed by atoms with van der Waals surface area (Å²) < 4.78 is 6.53. The number of fused-ring (bicyclic) bond motifs is 2. The number of aryl methyl sites for hydroxylation is 4. The normalized spacial score (nSPS) is 21.5. The molecule has 0 unspecified atom stereocenters. The second-order valence-electron chi connectivity index (χ2n) is 10.0. The molecule has 170 valence electrons. The zero-order chi connectivity index (χ0) is 22.6. The van der Waals surface area contributed by atoms with Gasteiger partial charge in [-0.25, -0.2) is 0 Å². The summed E-state index contributed by atoms with van der Waals surface area (Å²) in [4.78, 5) is 5.76. The van der Waals surface area contributed by atoms with E-state index in [1.807, 2.05) is 6.92 Å². The van der Waals surface area contributed by atoms with Crippen molar-refractivity contribution < 1.29 is 14.9 Å². The van der Waals surface area contributed by atoms with Crippen molar-refractivity contribution in [2.45, 2.75) is 64.8 Å². The Morgan fingerprint density at radius 1 is 1.09 bits per heavy atom. The highest BCUT2D eigenvalue weighted by molar-refractivity contribution is 5.85. The average molecular weight is 435 g/mol. The van der Waals surface area contributed by atoms with Gasteiger partial charge in [0.2, 0.25) is 0 Å². The molecule has 5 nitrogen and oxygen atoms in total. The summed E-state index contributed by atoms with van der Waals surface area (Å²) in [6, 6.07) is 10.5. The first-order valence-electron chi connectivity index (χ1n) is 11.7. The van der Waals surface area contributed by atoms with Crippen molar-refractivity contribution in [3.8, 4) is 5.75 Å². The third-order valence-electron chi connectivity index (χ3n) is 7.60. The predicted octanol–water partition coefficient (Wildman–Crippen LogP) is 4.79. The van der Waals surface area contributed by atoms with Gasteiger partial charge in [0, 0.05) is 53.8 Å². The fourth-order valence-electron chi connectivity index (χ4n) is 5.58. The molecule has 0 amide bonds. The van der Waals surface area contributed by atoms with Gasteiger partial charge in [-0.2, -0.15) is 0 Å². The number of rotatable bonds is 3. The van der Waals surface area contributed by atoms with E-state index in [9.17, 15) is 10.2 Å². The SMILES string of the molecule is Cc1ccc2c([C@H](O)CN3CCC4(CC3)C[C@@H](O)c3cc(C)c(C)cc3O4)c(C)[nH]c2c1. The van der Waals surface area contributed by atoms with Crippen LogP contribution >= 0.6 is 0 Å². The molecule has 3 heterocycles. The van der Waals surface area contributed by atoms with Crippen molar-refractivity contribution in [2.24, 2.45) is 0 Å². The van der Waals surface area contributed by atoms with Crippen molar-refractivity contribution >= 4 is 10.9 Å². The third-order valence-corrected chi connectivity index (χ3v) is 7.60. The molecule has 0 radical (unpaired) electrons. The minimum atomic E-state index is -0.537. The van der Waals surface area contributed by atoms with Crippen LogP contribution in [0, 0.1) is 27.7 Å². The number of piperidine rings is 1. The fraction of sp³-hybridized carbons (Fsp3) is 0.481. The Morgan fingerprint density at radius 2 is 1.81 bits per heavy atom. The Kier molecular flexibility index (Phi) is 5.31. The molecule has 3 aromatic rings. The highest BCUT2D eigenvalue weighted by Crippen LogP contribution is 2.45. The lowest BCUT2D eigenvalue weighted by Gasteiger charge is -2.46. The fourth-order valence-corrected chi connectivity index (χ4v) is 5.58. The summed E-state index contributed by atoms with van der Waals surface area (Å²) in [7, 11) is 0. The van der Waals surface area contributed by atoms with E-state index >= 15 is 0 Å². The van der Waals surface area contributed by atoms with E-state index < -0.39 is 12.2 Å². The molecule has 2 aromatic carbocycles. The summed E-state index contributed by atoms with van der Waals surface area (Å²) in [6.45, 7) is 10.6. The monoisotopic (exact) mass is 434 g/mol. The van der Waals surface area contributed by atoms with Gasteiger partial charge in [-0.1, -0.05) is 12.1 Å². The summed E-state index contributed by atoms with van der Waals surface area (Å²) in [5, 5.41) is 23.1. The van der Waals surface area contributed by atoms with Gasteiger partial charge in [-0.05, 0) is 75.4 Å². The predicted molar refractivity (Wildman–Crippen MR) is 127 cm³/mol. The van der Waals surface area contributed by atoms with Crippen LogP contribution in [0.25, 0.3) is 10.9 Å². The van der Waals surface area contributed by atoms with E-state index in [0.29, 0.717) is 13.0 Å². The van der Waals surface area contributed by atoms with Crippen LogP contribution in [0.15, 0.2) is 30.3 Å². The van der Waals surface area contributed by atoms with Gasteiger partial charge in [-0.3, -0.25) is 0 Å². The number of likely N-dealkylation sites (tertiary alicyclic amines) is 1. The second kappa shape index (κ2) is 7.91. The summed E-state index contributed by atoms with van der Waals surface area (Å²) in [5.74, 6) is 0.838. The highest BCUT2D eigenvalue weighted by atomic mass is 16.5. The quantitative estimate of drug-likeness (QED) is 0.555. The molecule has 5 rings (SSSR count). The standard InChI is InChI=1S/C27H34N2O3/c1-16-5-6-20-22(11-16)28-19(4)26(20)24(31)15-29-9-7-27(8-10-29)14-23(30)21-12-17(2)18(3)13-25(21)32-27/h5-6,11-13,23-24,28,30-31H,7-10,14-15H2,1-4H3/t23-,24-/m1/s1. The molecule has 5 heteroatoms. The van der Waals surface area contributed by atoms with Crippen molar-refractivity contribution in [1.29, 1.82) is 0 Å². The summed E-state index contributed by atoms with van der Waals surface area (Å²) in [6.07, 6.45) is 1.33. The topological polar surface area (TPSA) is 68.7 Å². The zero-order valence-corrected chi connectivity index (χ0v) is 19.5. The molecule has 1 saturated heterocycles. The zero-order valence-electron chi connectivity index (χ0n) is 19.5. The third kappa shape index (κ3) is 3.72. The molecule has 1 aromatic heterocycles. The molecule has 0 bridgehead atoms. The smallest absolute Gasteiger partial charge is 0.126 e. The van der Waals surface area contributed by atoms with Crippen molar-refractivity contribution in [1.82, 2.24) is 9.88 Å². The van der Waals surface area contributed by atoms with E-state index in [2.05, 4.69) is 61.0 Å². The molecular formula is C27H34N2O3. The van der Waals surface area contributed by atoms with Crippen LogP contribution in [0.2, 0.25) is 0 Å². The van der Waals surface area contributed by atoms with E-state index in [-0.39, 0.29) is 5.60 Å². The van der Waals surface area contributed by atoms with Gasteiger partial charge in [0.05, 0.1) is 12.2 Å². The number of aromatic nitrogens is 1. The Bertz CT molecular complexity index is 1160. The lowest BCUT2D eigenvalue weighted by molar-refractivity contribution is -0.0588. The van der Waals surface area contributed by atoms with Crippen molar-refractivity contribution in [2.75, 3.05) is 19.6 Å². The van der Waals surface area contributed by atoms with Gasteiger partial charge in [0.1, 0.15) is 11.4 Å². The minimum absolute atomic E-state index is 0.316. The number of nitrogens with one attached hydrogen (secondary N) is 1. The maximum absolute atomic E-state index is 11.1. The molecule has 1 spiro atoms. The van der Waals surface area contributed by atoms with Crippen LogP contribution in [0.4, 0.5) is 0 Å².